The summed E-state index contributed by atoms with van der Waals surface area (Å²) < 4.78 is 16.2. The number of methoxy groups -OCH3 is 3. The molecule has 180 valence electrons. The predicted molar refractivity (Wildman–Crippen MR) is 141 cm³/mol. The Hall–Kier alpha value is -2.69. The first kappa shape index (κ1) is 26.6. The van der Waals surface area contributed by atoms with Crippen LogP contribution in [0.25, 0.3) is 0 Å². The Kier molecular flexibility index (Phi) is 10.6. The highest BCUT2D eigenvalue weighted by atomic mass is 127. The van der Waals surface area contributed by atoms with Crippen molar-refractivity contribution >= 4 is 41.5 Å². The monoisotopic (exact) mass is 568 g/mol. The Balaban J connectivity index is 0.00000385. The van der Waals surface area contributed by atoms with Crippen molar-refractivity contribution < 1.29 is 19.0 Å². The third kappa shape index (κ3) is 6.66. The molecule has 2 aromatic carbocycles. The van der Waals surface area contributed by atoms with Crippen LogP contribution in [0.2, 0.25) is 0 Å². The van der Waals surface area contributed by atoms with Crippen LogP contribution in [0, 0.1) is 0 Å². The largest absolute Gasteiger partial charge is 0.493 e. The first-order chi connectivity index (χ1) is 15.6. The van der Waals surface area contributed by atoms with E-state index in [-0.39, 0.29) is 29.9 Å². The number of para-hydroxylation sites is 1. The zero-order valence-corrected chi connectivity index (χ0v) is 22.0. The molecular formula is C24H33IN4O4. The minimum absolute atomic E-state index is 0. The number of hydrogen-bond donors (Lipinski definition) is 2. The molecule has 0 bridgehead atoms. The number of guanidine groups is 1. The van der Waals surface area contributed by atoms with Gasteiger partial charge in [-0.25, -0.2) is 0 Å². The maximum absolute atomic E-state index is 12.6. The van der Waals surface area contributed by atoms with Crippen molar-refractivity contribution in [2.45, 2.75) is 25.8 Å². The summed E-state index contributed by atoms with van der Waals surface area (Å²) in [7, 11) is 6.49. The molecule has 0 aliphatic carbocycles. The molecule has 0 atom stereocenters. The maximum Gasteiger partial charge on any atom is 0.227 e. The first-order valence-electron chi connectivity index (χ1n) is 10.7. The number of fused-ring (bicyclic) bond motifs is 1. The van der Waals surface area contributed by atoms with Crippen molar-refractivity contribution in [2.75, 3.05) is 46.4 Å². The van der Waals surface area contributed by atoms with Gasteiger partial charge in [0.15, 0.2) is 17.5 Å². The van der Waals surface area contributed by atoms with Gasteiger partial charge in [0.05, 0.1) is 21.3 Å². The van der Waals surface area contributed by atoms with Crippen LogP contribution in [-0.4, -0.2) is 53.3 Å². The summed E-state index contributed by atoms with van der Waals surface area (Å²) in [6, 6.07) is 11.9. The number of halogens is 1. The van der Waals surface area contributed by atoms with E-state index in [0.717, 1.165) is 30.6 Å². The number of aliphatic imine (C=N–C) groups is 1. The van der Waals surface area contributed by atoms with Crippen LogP contribution in [0.15, 0.2) is 41.4 Å². The average molecular weight is 568 g/mol. The molecular weight excluding hydrogens is 535 g/mol. The summed E-state index contributed by atoms with van der Waals surface area (Å²) in [4.78, 5) is 18.8. The van der Waals surface area contributed by atoms with Gasteiger partial charge in [0.25, 0.3) is 0 Å². The average Bonchev–Trinajstić information content (AvgIpc) is 3.27. The molecule has 0 saturated carbocycles. The second-order valence-corrected chi connectivity index (χ2v) is 7.41. The maximum atomic E-state index is 12.6. The van der Waals surface area contributed by atoms with E-state index in [0.29, 0.717) is 42.7 Å². The van der Waals surface area contributed by atoms with E-state index >= 15 is 0 Å². The van der Waals surface area contributed by atoms with Crippen LogP contribution >= 0.6 is 24.0 Å². The minimum Gasteiger partial charge on any atom is -0.493 e. The Morgan fingerprint density at radius 2 is 1.76 bits per heavy atom. The third-order valence-corrected chi connectivity index (χ3v) is 5.46. The van der Waals surface area contributed by atoms with Crippen molar-refractivity contribution in [3.05, 3.63) is 47.5 Å². The van der Waals surface area contributed by atoms with Gasteiger partial charge in [0.1, 0.15) is 0 Å². The lowest BCUT2D eigenvalue weighted by Crippen LogP contribution is -2.38. The van der Waals surface area contributed by atoms with Gasteiger partial charge < -0.3 is 29.7 Å². The second kappa shape index (κ2) is 13.1. The molecule has 0 radical (unpaired) electrons. The van der Waals surface area contributed by atoms with Crippen molar-refractivity contribution in [1.29, 1.82) is 0 Å². The summed E-state index contributed by atoms with van der Waals surface area (Å²) >= 11 is 0. The van der Waals surface area contributed by atoms with Crippen molar-refractivity contribution in [1.82, 2.24) is 10.6 Å². The van der Waals surface area contributed by atoms with Crippen molar-refractivity contribution in [3.63, 3.8) is 0 Å². The van der Waals surface area contributed by atoms with Gasteiger partial charge in [0, 0.05) is 38.8 Å². The van der Waals surface area contributed by atoms with Crippen LogP contribution in [-0.2, 0) is 17.8 Å². The Bertz CT molecular complexity index is 942. The van der Waals surface area contributed by atoms with Gasteiger partial charge >= 0.3 is 0 Å². The van der Waals surface area contributed by atoms with Gasteiger partial charge in [-0.15, -0.1) is 24.0 Å². The number of carbonyl (C=O) groups excluding carboxylic acids is 1. The summed E-state index contributed by atoms with van der Waals surface area (Å²) in [6.45, 7) is 1.94. The zero-order valence-electron chi connectivity index (χ0n) is 19.6. The summed E-state index contributed by atoms with van der Waals surface area (Å²) in [5.41, 5.74) is 3.26. The number of benzene rings is 2. The highest BCUT2D eigenvalue weighted by Crippen LogP contribution is 2.38. The SMILES string of the molecule is CN=C(NCCCC(=O)N1CCc2ccccc21)NCc1cc(OC)c(OC)c(OC)c1.I. The van der Waals surface area contributed by atoms with Crippen molar-refractivity contribution in [2.24, 2.45) is 4.99 Å². The summed E-state index contributed by atoms with van der Waals surface area (Å²) in [5, 5.41) is 6.54. The molecule has 0 aromatic heterocycles. The molecule has 1 amide bonds. The van der Waals surface area contributed by atoms with Gasteiger partial charge in [-0.05, 0) is 42.2 Å². The molecule has 1 heterocycles. The molecule has 9 heteroatoms. The lowest BCUT2D eigenvalue weighted by atomic mass is 10.2. The molecule has 2 N–H and O–H groups in total. The lowest BCUT2D eigenvalue weighted by molar-refractivity contribution is -0.118. The Labute approximate surface area is 212 Å². The smallest absolute Gasteiger partial charge is 0.227 e. The second-order valence-electron chi connectivity index (χ2n) is 7.41. The highest BCUT2D eigenvalue weighted by Gasteiger charge is 2.23. The van der Waals surface area contributed by atoms with E-state index in [4.69, 9.17) is 14.2 Å². The fourth-order valence-corrected chi connectivity index (χ4v) is 3.82. The Morgan fingerprint density at radius 1 is 1.06 bits per heavy atom. The number of rotatable bonds is 9. The van der Waals surface area contributed by atoms with Crippen LogP contribution in [0.3, 0.4) is 0 Å². The number of amides is 1. The molecule has 1 aliphatic heterocycles. The van der Waals surface area contributed by atoms with Crippen LogP contribution in [0.5, 0.6) is 17.2 Å². The molecule has 33 heavy (non-hydrogen) atoms. The predicted octanol–water partition coefficient (Wildman–Crippen LogP) is 3.36. The molecule has 0 unspecified atom stereocenters. The number of nitrogens with one attached hydrogen (secondary N) is 2. The summed E-state index contributed by atoms with van der Waals surface area (Å²) in [6.07, 6.45) is 2.14. The molecule has 1 aliphatic rings. The van der Waals surface area contributed by atoms with E-state index < -0.39 is 0 Å². The van der Waals surface area contributed by atoms with E-state index in [9.17, 15) is 4.79 Å². The van der Waals surface area contributed by atoms with E-state index in [2.05, 4.69) is 21.7 Å². The normalized spacial score (nSPS) is 12.5. The molecule has 0 saturated heterocycles. The molecule has 8 nitrogen and oxygen atoms in total. The van der Waals surface area contributed by atoms with Crippen LogP contribution in [0.4, 0.5) is 5.69 Å². The molecule has 2 aromatic rings. The van der Waals surface area contributed by atoms with Crippen LogP contribution in [0.1, 0.15) is 24.0 Å². The van der Waals surface area contributed by atoms with E-state index in [1.165, 1.54) is 5.56 Å². The number of hydrogen-bond acceptors (Lipinski definition) is 5. The van der Waals surface area contributed by atoms with E-state index in [1.54, 1.807) is 28.4 Å². The fraction of sp³-hybridized carbons (Fsp3) is 0.417. The minimum atomic E-state index is 0. The summed E-state index contributed by atoms with van der Waals surface area (Å²) in [5.74, 6) is 2.60. The fourth-order valence-electron chi connectivity index (χ4n) is 3.82. The van der Waals surface area contributed by atoms with E-state index in [1.807, 2.05) is 35.2 Å². The Morgan fingerprint density at radius 3 is 2.39 bits per heavy atom. The van der Waals surface area contributed by atoms with Crippen molar-refractivity contribution in [3.8, 4) is 17.2 Å². The lowest BCUT2D eigenvalue weighted by Gasteiger charge is -2.18. The highest BCUT2D eigenvalue weighted by molar-refractivity contribution is 14.0. The standard InChI is InChI=1S/C24H32N4O4.HI/c1-25-24(27-16-17-14-20(30-2)23(32-4)21(15-17)31-3)26-12-7-10-22(29)28-13-11-18-8-5-6-9-19(18)28;/h5-6,8-9,14-15H,7,10-13,16H2,1-4H3,(H2,25,26,27);1H. The first-order valence-corrected chi connectivity index (χ1v) is 10.7. The van der Waals surface area contributed by atoms with Gasteiger partial charge in [-0.3, -0.25) is 9.79 Å². The molecule has 0 fully saturated rings. The van der Waals surface area contributed by atoms with Gasteiger partial charge in [0.2, 0.25) is 11.7 Å². The quantitative estimate of drug-likeness (QED) is 0.209. The topological polar surface area (TPSA) is 84.4 Å². The number of ether oxygens (including phenoxy) is 3. The molecule has 0 spiro atoms. The number of anilines is 1. The zero-order chi connectivity index (χ0) is 22.9. The number of carbonyl (C=O) groups is 1. The van der Waals surface area contributed by atoms with Gasteiger partial charge in [-0.1, -0.05) is 18.2 Å². The third-order valence-electron chi connectivity index (χ3n) is 5.46. The molecule has 3 rings (SSSR count). The van der Waals surface area contributed by atoms with Crippen LogP contribution < -0.4 is 29.7 Å². The number of nitrogens with zero attached hydrogens (tertiary/aromatic N) is 2. The van der Waals surface area contributed by atoms with Gasteiger partial charge in [-0.2, -0.15) is 0 Å².